The summed E-state index contributed by atoms with van der Waals surface area (Å²) in [6, 6.07) is -0.438. The maximum absolute atomic E-state index is 13.6. The third-order valence-corrected chi connectivity index (χ3v) is 10.2. The van der Waals surface area contributed by atoms with Gasteiger partial charge in [-0.3, -0.25) is 4.79 Å². The number of hydrogen-bond acceptors (Lipinski definition) is 11. The molecule has 258 valence electrons. The number of esters is 1. The first kappa shape index (κ1) is 37.6. The van der Waals surface area contributed by atoms with Gasteiger partial charge in [0, 0.05) is 23.9 Å². The monoisotopic (exact) mass is 630 g/mol. The number of nitrogens with one attached hydrogen (secondary N) is 1. The Morgan fingerprint density at radius 3 is 2.30 bits per heavy atom. The van der Waals surface area contributed by atoms with Crippen LogP contribution in [0.5, 0.6) is 0 Å². The van der Waals surface area contributed by atoms with Crippen LogP contribution >= 0.6 is 0 Å². The molecule has 0 saturated carbocycles. The summed E-state index contributed by atoms with van der Waals surface area (Å²) in [4.78, 5) is 15.6. The molecule has 0 aromatic rings. The number of nitrogens with zero attached hydrogens (tertiary/aromatic N) is 1. The van der Waals surface area contributed by atoms with E-state index in [9.17, 15) is 20.1 Å². The van der Waals surface area contributed by atoms with Gasteiger partial charge in [-0.2, -0.15) is 0 Å². The normalized spacial score (nSPS) is 48.9. The predicted molar refractivity (Wildman–Crippen MR) is 167 cm³/mol. The Bertz CT molecular complexity index is 922. The summed E-state index contributed by atoms with van der Waals surface area (Å²) >= 11 is 0. The highest BCUT2D eigenvalue weighted by molar-refractivity contribution is 5.73. The van der Waals surface area contributed by atoms with E-state index in [1.807, 2.05) is 60.5 Å². The second kappa shape index (κ2) is 15.3. The minimum Gasteiger partial charge on any atom is -0.459 e. The largest absolute Gasteiger partial charge is 0.459 e. The highest BCUT2D eigenvalue weighted by atomic mass is 16.7. The van der Waals surface area contributed by atoms with Crippen molar-refractivity contribution in [1.82, 2.24) is 10.2 Å². The van der Waals surface area contributed by atoms with Gasteiger partial charge >= 0.3 is 5.97 Å². The van der Waals surface area contributed by atoms with E-state index in [1.165, 1.54) is 0 Å². The van der Waals surface area contributed by atoms with Crippen molar-refractivity contribution >= 4 is 5.97 Å². The van der Waals surface area contributed by atoms with Gasteiger partial charge in [0.1, 0.15) is 23.9 Å². The van der Waals surface area contributed by atoms with Gasteiger partial charge in [0.05, 0.1) is 43.0 Å². The molecule has 0 aromatic heterocycles. The molecule has 11 nitrogen and oxygen atoms in total. The Balaban J connectivity index is 2.14. The molecule has 15 atom stereocenters. The highest BCUT2D eigenvalue weighted by Crippen LogP contribution is 2.39. The third kappa shape index (κ3) is 8.52. The molecule has 0 radical (unpaired) electrons. The van der Waals surface area contributed by atoms with E-state index in [2.05, 4.69) is 12.2 Å². The van der Waals surface area contributed by atoms with Crippen molar-refractivity contribution in [3.05, 3.63) is 0 Å². The van der Waals surface area contributed by atoms with E-state index in [1.54, 1.807) is 13.8 Å². The molecule has 4 rings (SSSR count). The maximum atomic E-state index is 13.6. The van der Waals surface area contributed by atoms with Crippen LogP contribution in [0.1, 0.15) is 81.6 Å². The molecular weight excluding hydrogens is 568 g/mol. The zero-order chi connectivity index (χ0) is 33.1. The van der Waals surface area contributed by atoms with Crippen molar-refractivity contribution < 1.29 is 43.8 Å². The summed E-state index contributed by atoms with van der Waals surface area (Å²) in [6.07, 6.45) is -3.95. The molecule has 4 N–H and O–H groups in total. The van der Waals surface area contributed by atoms with Crippen LogP contribution in [0.4, 0.5) is 0 Å². The quantitative estimate of drug-likeness (QED) is 0.341. The SMILES string of the molecule is CC[C@H]1OC(=O)C(C)C(O)[C@H](C)[C@@H](O[C@@H]2O[C@H](C)C[C@H](N(C)C)[C@H]2O)[C@@]2(C)C[C@@H](C)CN[C@H](C)[C@H](OCC(C)CO2)[C@]1(C)O. The topological polar surface area (TPSA) is 139 Å². The van der Waals surface area contributed by atoms with Crippen LogP contribution in [0, 0.1) is 23.7 Å². The summed E-state index contributed by atoms with van der Waals surface area (Å²) in [7, 11) is 3.85. The molecule has 3 unspecified atom stereocenters. The van der Waals surface area contributed by atoms with Gasteiger partial charge in [-0.15, -0.1) is 0 Å². The van der Waals surface area contributed by atoms with Crippen molar-refractivity contribution in [2.45, 2.75) is 148 Å². The van der Waals surface area contributed by atoms with Crippen LogP contribution in [0.25, 0.3) is 0 Å². The average Bonchev–Trinajstić information content (AvgIpc) is 2.95. The van der Waals surface area contributed by atoms with E-state index in [4.69, 9.17) is 23.7 Å². The molecule has 4 aliphatic heterocycles. The predicted octanol–water partition coefficient (Wildman–Crippen LogP) is 2.33. The molecule has 44 heavy (non-hydrogen) atoms. The summed E-state index contributed by atoms with van der Waals surface area (Å²) in [6.45, 7) is 18.4. The molecule has 0 amide bonds. The second-order valence-electron chi connectivity index (χ2n) is 14.8. The zero-order valence-corrected chi connectivity index (χ0v) is 29.0. The number of hydrogen-bond donors (Lipinski definition) is 4. The highest BCUT2D eigenvalue weighted by Gasteiger charge is 2.51. The van der Waals surface area contributed by atoms with Gasteiger partial charge in [-0.25, -0.2) is 0 Å². The van der Waals surface area contributed by atoms with E-state index >= 15 is 0 Å². The average molecular weight is 631 g/mol. The number of aliphatic hydroxyl groups excluding tert-OH is 2. The van der Waals surface area contributed by atoms with Gasteiger partial charge in [0.2, 0.25) is 0 Å². The van der Waals surface area contributed by atoms with Gasteiger partial charge in [0.25, 0.3) is 0 Å². The van der Waals surface area contributed by atoms with Gasteiger partial charge in [-0.1, -0.05) is 27.7 Å². The van der Waals surface area contributed by atoms with Crippen LogP contribution < -0.4 is 5.32 Å². The number of aliphatic hydroxyl groups is 3. The van der Waals surface area contributed by atoms with E-state index in [0.29, 0.717) is 39.0 Å². The van der Waals surface area contributed by atoms with Crippen LogP contribution in [0.2, 0.25) is 0 Å². The van der Waals surface area contributed by atoms with E-state index in [-0.39, 0.29) is 30.0 Å². The molecule has 11 heteroatoms. The standard InChI is InChI=1S/C33H62N2O9/c1-12-25-33(9,39)29-23(7)34-15-18(2)14-32(8,41-17-19(3)16-40-29)28(21(5)26(36)22(6)30(38)43-25)44-31-27(37)24(35(10)11)13-20(4)42-31/h18-29,31,34,36-37,39H,12-17H2,1-11H3/t18-,19?,20-,21+,22?,23-,24+,25-,26?,27-,28-,29+,31+,32-,33-/m1/s1. The molecule has 4 heterocycles. The van der Waals surface area contributed by atoms with Gasteiger partial charge in [0.15, 0.2) is 6.29 Å². The molecule has 0 aliphatic carbocycles. The number of fused-ring (bicyclic) bond motifs is 15. The van der Waals surface area contributed by atoms with Gasteiger partial charge in [-0.05, 0) is 80.4 Å². The smallest absolute Gasteiger partial charge is 0.311 e. The third-order valence-electron chi connectivity index (χ3n) is 10.2. The van der Waals surface area contributed by atoms with E-state index < -0.39 is 65.8 Å². The van der Waals surface area contributed by atoms with Crippen LogP contribution in [-0.2, 0) is 28.5 Å². The fourth-order valence-electron chi connectivity index (χ4n) is 7.43. The van der Waals surface area contributed by atoms with Crippen molar-refractivity contribution in [2.75, 3.05) is 33.9 Å². The molecular formula is C33H62N2O9. The van der Waals surface area contributed by atoms with Crippen molar-refractivity contribution in [3.63, 3.8) is 0 Å². The molecule has 4 fully saturated rings. The first-order valence-corrected chi connectivity index (χ1v) is 16.7. The molecule has 4 saturated heterocycles. The van der Waals surface area contributed by atoms with Crippen LogP contribution in [0.3, 0.4) is 0 Å². The second-order valence-corrected chi connectivity index (χ2v) is 14.8. The summed E-state index contributed by atoms with van der Waals surface area (Å²) in [5.74, 6) is -2.12. The first-order valence-electron chi connectivity index (χ1n) is 16.7. The number of carbonyl (C=O) groups excluding carboxylic acids is 1. The molecule has 0 spiro atoms. The molecule has 0 aromatic carbocycles. The summed E-state index contributed by atoms with van der Waals surface area (Å²) in [5, 5.41) is 38.6. The minimum absolute atomic E-state index is 0.0446. The lowest BCUT2D eigenvalue weighted by molar-refractivity contribution is -0.304. The lowest BCUT2D eigenvalue weighted by Crippen LogP contribution is -2.60. The number of ether oxygens (including phenoxy) is 5. The van der Waals surface area contributed by atoms with Crippen LogP contribution in [-0.4, -0.2) is 126 Å². The molecule has 2 bridgehead atoms. The number of carbonyl (C=O) groups is 1. The van der Waals surface area contributed by atoms with Crippen molar-refractivity contribution in [1.29, 1.82) is 0 Å². The van der Waals surface area contributed by atoms with Crippen molar-refractivity contribution in [3.8, 4) is 0 Å². The van der Waals surface area contributed by atoms with Gasteiger partial charge < -0.3 is 49.2 Å². The lowest BCUT2D eigenvalue weighted by atomic mass is 9.77. The number of rotatable bonds is 4. The van der Waals surface area contributed by atoms with E-state index in [0.717, 1.165) is 0 Å². The van der Waals surface area contributed by atoms with Crippen molar-refractivity contribution in [2.24, 2.45) is 23.7 Å². The summed E-state index contributed by atoms with van der Waals surface area (Å²) in [5.41, 5.74) is -2.44. The fourth-order valence-corrected chi connectivity index (χ4v) is 7.43. The minimum atomic E-state index is -1.50. The zero-order valence-electron chi connectivity index (χ0n) is 29.0. The first-order chi connectivity index (χ1) is 20.4. The maximum Gasteiger partial charge on any atom is 0.311 e. The lowest BCUT2D eigenvalue weighted by Gasteiger charge is -2.48. The Labute approximate surface area is 265 Å². The summed E-state index contributed by atoms with van der Waals surface area (Å²) < 4.78 is 32.1. The molecule has 4 aliphatic rings. The van der Waals surface area contributed by atoms with Crippen LogP contribution in [0.15, 0.2) is 0 Å². The Kier molecular flexibility index (Phi) is 13.1. The number of likely N-dealkylation sites (N-methyl/N-ethyl adjacent to an activating group) is 1. The Morgan fingerprint density at radius 2 is 1.68 bits per heavy atom. The fraction of sp³-hybridized carbons (Fsp3) is 0.970. The Hall–Kier alpha value is -0.890. The Morgan fingerprint density at radius 1 is 1.02 bits per heavy atom.